The molecule has 36 heavy (non-hydrogen) atoms. The van der Waals surface area contributed by atoms with Crippen LogP contribution in [0.5, 0.6) is 5.75 Å². The van der Waals surface area contributed by atoms with Gasteiger partial charge >= 0.3 is 0 Å². The van der Waals surface area contributed by atoms with Gasteiger partial charge in [0.25, 0.3) is 0 Å². The van der Waals surface area contributed by atoms with Gasteiger partial charge in [-0.1, -0.05) is 133 Å². The molecule has 0 fully saturated rings. The van der Waals surface area contributed by atoms with Crippen LogP contribution in [0.15, 0.2) is 66.7 Å². The highest BCUT2D eigenvalue weighted by molar-refractivity contribution is 7.26. The van der Waals surface area contributed by atoms with Crippen molar-refractivity contribution >= 4 is 9.03 Å². The molecule has 0 saturated carbocycles. The standard InChI is InChI=1S/C33H51O2P/c1-4-5-6-7-8-9-10-11-12-13-14-15-16-17-18-22-29-34-36-35-32-27-25-31(26-28-32)33(2,3)30-23-20-19-21-24-30/h11-12,19-21,23-28,36H,4-10,13-18,22,29H2,1-3H3/b12-11+. The second-order valence-electron chi connectivity index (χ2n) is 10.5. The second kappa shape index (κ2) is 19.5. The average molecular weight is 511 g/mol. The van der Waals surface area contributed by atoms with E-state index in [2.05, 4.69) is 87.5 Å². The van der Waals surface area contributed by atoms with Crippen molar-refractivity contribution < 1.29 is 9.05 Å². The zero-order valence-corrected chi connectivity index (χ0v) is 24.3. The van der Waals surface area contributed by atoms with Crippen LogP contribution in [0.1, 0.15) is 122 Å². The predicted molar refractivity (Wildman–Crippen MR) is 159 cm³/mol. The van der Waals surface area contributed by atoms with Crippen LogP contribution in [-0.4, -0.2) is 6.61 Å². The summed E-state index contributed by atoms with van der Waals surface area (Å²) in [5.74, 6) is 0.877. The molecule has 2 aromatic carbocycles. The molecule has 0 aliphatic carbocycles. The molecule has 0 amide bonds. The predicted octanol–water partition coefficient (Wildman–Crippen LogP) is 11.0. The van der Waals surface area contributed by atoms with E-state index in [1.54, 1.807) is 0 Å². The Morgan fingerprint density at radius 2 is 1.17 bits per heavy atom. The van der Waals surface area contributed by atoms with E-state index in [0.29, 0.717) is 0 Å². The van der Waals surface area contributed by atoms with Gasteiger partial charge in [-0.3, -0.25) is 0 Å². The van der Waals surface area contributed by atoms with E-state index < -0.39 is 0 Å². The Morgan fingerprint density at radius 3 is 1.78 bits per heavy atom. The van der Waals surface area contributed by atoms with Gasteiger partial charge in [-0.25, -0.2) is 0 Å². The highest BCUT2D eigenvalue weighted by Crippen LogP contribution is 2.33. The molecule has 2 nitrogen and oxygen atoms in total. The van der Waals surface area contributed by atoms with Crippen LogP contribution < -0.4 is 4.52 Å². The fourth-order valence-corrected chi connectivity index (χ4v) is 5.02. The number of hydrogen-bond donors (Lipinski definition) is 0. The minimum atomic E-state index is -0.0253. The molecule has 2 aromatic rings. The number of unbranched alkanes of at least 4 members (excludes halogenated alkanes) is 12. The smallest absolute Gasteiger partial charge is 0.215 e. The van der Waals surface area contributed by atoms with E-state index in [1.165, 1.54) is 94.6 Å². The molecule has 0 bridgehead atoms. The summed E-state index contributed by atoms with van der Waals surface area (Å²) in [6.07, 6.45) is 23.4. The Morgan fingerprint density at radius 1 is 0.639 bits per heavy atom. The molecular weight excluding hydrogens is 459 g/mol. The molecule has 0 aromatic heterocycles. The highest BCUT2D eigenvalue weighted by Gasteiger charge is 2.22. The van der Waals surface area contributed by atoms with Crippen LogP contribution in [0.25, 0.3) is 0 Å². The van der Waals surface area contributed by atoms with Gasteiger partial charge in [-0.05, 0) is 55.4 Å². The van der Waals surface area contributed by atoms with Gasteiger partial charge in [0.05, 0.1) is 6.61 Å². The first-order valence-electron chi connectivity index (χ1n) is 14.5. The lowest BCUT2D eigenvalue weighted by Gasteiger charge is -2.26. The van der Waals surface area contributed by atoms with Gasteiger partial charge in [-0.2, -0.15) is 0 Å². The summed E-state index contributed by atoms with van der Waals surface area (Å²) in [5, 5.41) is 0. The average Bonchev–Trinajstić information content (AvgIpc) is 2.91. The molecule has 0 aliphatic heterocycles. The summed E-state index contributed by atoms with van der Waals surface area (Å²) in [6.45, 7) is 7.60. The largest absolute Gasteiger partial charge is 0.450 e. The molecule has 0 spiro atoms. The third kappa shape index (κ3) is 13.1. The van der Waals surface area contributed by atoms with Gasteiger partial charge < -0.3 is 9.05 Å². The monoisotopic (exact) mass is 510 g/mol. The van der Waals surface area contributed by atoms with Crippen molar-refractivity contribution in [3.05, 3.63) is 77.9 Å². The zero-order chi connectivity index (χ0) is 25.7. The minimum absolute atomic E-state index is 0.0253. The Balaban J connectivity index is 1.41. The SMILES string of the molecule is CCCCCCCC/C=C/CCCCCCCCOPOc1ccc(C(C)(C)c2ccccc2)cc1. The van der Waals surface area contributed by atoms with Crippen LogP contribution in [0, 0.1) is 0 Å². The lowest BCUT2D eigenvalue weighted by atomic mass is 9.78. The molecule has 2 rings (SSSR count). The van der Waals surface area contributed by atoms with Gasteiger partial charge in [-0.15, -0.1) is 0 Å². The van der Waals surface area contributed by atoms with Crippen LogP contribution in [-0.2, 0) is 9.94 Å². The Hall–Kier alpha value is -1.63. The first kappa shape index (κ1) is 30.6. The molecule has 1 unspecified atom stereocenters. The van der Waals surface area contributed by atoms with Crippen LogP contribution in [0.4, 0.5) is 0 Å². The van der Waals surface area contributed by atoms with Gasteiger partial charge in [0.1, 0.15) is 5.75 Å². The van der Waals surface area contributed by atoms with Crippen molar-refractivity contribution in [2.45, 2.75) is 116 Å². The fraction of sp³-hybridized carbons (Fsp3) is 0.576. The van der Waals surface area contributed by atoms with Gasteiger partial charge in [0.15, 0.2) is 0 Å². The Kier molecular flexibility index (Phi) is 16.6. The summed E-state index contributed by atoms with van der Waals surface area (Å²) in [6, 6.07) is 19.1. The fourth-order valence-electron chi connectivity index (χ4n) is 4.50. The second-order valence-corrected chi connectivity index (χ2v) is 11.1. The van der Waals surface area contributed by atoms with E-state index in [9.17, 15) is 0 Å². The summed E-state index contributed by atoms with van der Waals surface area (Å²) < 4.78 is 11.5. The van der Waals surface area contributed by atoms with Gasteiger partial charge in [0.2, 0.25) is 9.03 Å². The first-order chi connectivity index (χ1) is 17.6. The van der Waals surface area contributed by atoms with E-state index in [-0.39, 0.29) is 14.4 Å². The minimum Gasteiger partial charge on any atom is -0.450 e. The molecule has 3 heteroatoms. The number of hydrogen-bond acceptors (Lipinski definition) is 2. The molecule has 200 valence electrons. The van der Waals surface area contributed by atoms with E-state index in [0.717, 1.165) is 18.8 Å². The quantitative estimate of drug-likeness (QED) is 0.0944. The maximum Gasteiger partial charge on any atom is 0.215 e. The van der Waals surface area contributed by atoms with Crippen molar-refractivity contribution in [3.8, 4) is 5.75 Å². The van der Waals surface area contributed by atoms with E-state index >= 15 is 0 Å². The maximum atomic E-state index is 5.81. The Bertz CT molecular complexity index is 798. The van der Waals surface area contributed by atoms with E-state index in [1.807, 2.05) is 0 Å². The summed E-state index contributed by atoms with van der Waals surface area (Å²) in [7, 11) is 0.0692. The summed E-state index contributed by atoms with van der Waals surface area (Å²) >= 11 is 0. The molecular formula is C33H51O2P. The molecule has 0 heterocycles. The third-order valence-corrected chi connectivity index (χ3v) is 7.69. The third-order valence-electron chi connectivity index (χ3n) is 7.05. The molecule has 0 radical (unpaired) electrons. The normalized spacial score (nSPS) is 12.2. The lowest BCUT2D eigenvalue weighted by molar-refractivity contribution is 0.316. The summed E-state index contributed by atoms with van der Waals surface area (Å²) in [4.78, 5) is 0. The number of allylic oxidation sites excluding steroid dienone is 2. The Labute approximate surface area is 224 Å². The lowest BCUT2D eigenvalue weighted by Crippen LogP contribution is -2.18. The van der Waals surface area contributed by atoms with Crippen LogP contribution in [0.3, 0.4) is 0 Å². The zero-order valence-electron chi connectivity index (χ0n) is 23.3. The first-order valence-corrected chi connectivity index (χ1v) is 15.3. The van der Waals surface area contributed by atoms with Crippen molar-refractivity contribution in [1.82, 2.24) is 0 Å². The van der Waals surface area contributed by atoms with Crippen molar-refractivity contribution in [2.24, 2.45) is 0 Å². The topological polar surface area (TPSA) is 18.5 Å². The molecule has 0 saturated heterocycles. The number of benzene rings is 2. The maximum absolute atomic E-state index is 5.81. The summed E-state index contributed by atoms with van der Waals surface area (Å²) in [5.41, 5.74) is 2.58. The highest BCUT2D eigenvalue weighted by atomic mass is 31.1. The molecule has 1 atom stereocenters. The number of rotatable bonds is 21. The van der Waals surface area contributed by atoms with Crippen LogP contribution >= 0.6 is 9.03 Å². The van der Waals surface area contributed by atoms with E-state index in [4.69, 9.17) is 9.05 Å². The molecule has 0 aliphatic rings. The van der Waals surface area contributed by atoms with Crippen molar-refractivity contribution in [3.63, 3.8) is 0 Å². The van der Waals surface area contributed by atoms with Crippen molar-refractivity contribution in [1.29, 1.82) is 0 Å². The van der Waals surface area contributed by atoms with Gasteiger partial charge in [0, 0.05) is 5.41 Å². The van der Waals surface area contributed by atoms with Crippen LogP contribution in [0.2, 0.25) is 0 Å². The van der Waals surface area contributed by atoms with Crippen molar-refractivity contribution in [2.75, 3.05) is 6.61 Å². The molecule has 0 N–H and O–H groups in total.